The van der Waals surface area contributed by atoms with Crippen LogP contribution in [-0.4, -0.2) is 18.0 Å². The van der Waals surface area contributed by atoms with Crippen molar-refractivity contribution >= 4 is 148 Å². The van der Waals surface area contributed by atoms with E-state index in [-0.39, 0.29) is 24.3 Å². The SMILES string of the molecule is CC(C)(C)c1ccc2c3ccc(C(C)(C)C)cc3n(-c3cc4c5c(c3)N(c3ccccc3)c3cc6c(cc3B5c3ccccc3S4)B3c4ccccc4N(c4ccccc4)c4cc(N(c5ccccc5)c5ccccc5)cc(c43)N6c3c(-c4ccccc4)cccc3-c3ccccc3)c2c1. The summed E-state index contributed by atoms with van der Waals surface area (Å²) in [4.78, 5) is 12.9. The van der Waals surface area contributed by atoms with Crippen LogP contribution < -0.4 is 52.4 Å². The molecule has 1 aromatic heterocycles. The van der Waals surface area contributed by atoms with E-state index in [0.29, 0.717) is 0 Å². The van der Waals surface area contributed by atoms with E-state index < -0.39 is 0 Å². The van der Waals surface area contributed by atoms with Gasteiger partial charge in [-0.05, 0) is 164 Å². The van der Waals surface area contributed by atoms with Gasteiger partial charge >= 0.3 is 0 Å². The Kier molecular flexibility index (Phi) is 13.8. The van der Waals surface area contributed by atoms with Crippen molar-refractivity contribution in [2.24, 2.45) is 0 Å². The monoisotopic (exact) mass is 1300 g/mol. The molecule has 0 fully saturated rings. The molecule has 0 atom stereocenters. The van der Waals surface area contributed by atoms with Crippen LogP contribution in [0.4, 0.5) is 68.2 Å². The number of hydrogen-bond donors (Lipinski definition) is 0. The molecule has 476 valence electrons. The van der Waals surface area contributed by atoms with Gasteiger partial charge in [0.1, 0.15) is 0 Å². The van der Waals surface area contributed by atoms with Gasteiger partial charge < -0.3 is 24.2 Å². The van der Waals surface area contributed by atoms with Crippen molar-refractivity contribution < 1.29 is 0 Å². The summed E-state index contributed by atoms with van der Waals surface area (Å²) in [6, 6.07) is 121. The molecule has 0 bridgehead atoms. The number of para-hydroxylation sites is 6. The summed E-state index contributed by atoms with van der Waals surface area (Å²) in [5.41, 5.74) is 31.6. The van der Waals surface area contributed by atoms with Crippen LogP contribution in [0.1, 0.15) is 52.7 Å². The third-order valence-corrected chi connectivity index (χ3v) is 22.4. The van der Waals surface area contributed by atoms with E-state index in [1.165, 1.54) is 81.2 Å². The highest BCUT2D eigenvalue weighted by molar-refractivity contribution is 8.00. The van der Waals surface area contributed by atoms with Gasteiger partial charge in [0.2, 0.25) is 6.71 Å². The van der Waals surface area contributed by atoms with Crippen LogP contribution in [0.15, 0.2) is 331 Å². The molecule has 100 heavy (non-hydrogen) atoms. The zero-order chi connectivity index (χ0) is 67.1. The van der Waals surface area contributed by atoms with Gasteiger partial charge in [-0.15, -0.1) is 0 Å². The first-order valence-corrected chi connectivity index (χ1v) is 35.9. The molecule has 14 aromatic carbocycles. The van der Waals surface area contributed by atoms with Gasteiger partial charge in [0.05, 0.1) is 22.4 Å². The third-order valence-electron chi connectivity index (χ3n) is 21.2. The highest BCUT2D eigenvalue weighted by atomic mass is 32.2. The Labute approximate surface area is 591 Å². The van der Waals surface area contributed by atoms with E-state index >= 15 is 0 Å². The average Bonchev–Trinajstić information content (AvgIpc) is 0.721. The lowest BCUT2D eigenvalue weighted by Gasteiger charge is -2.47. The second-order valence-electron chi connectivity index (χ2n) is 29.2. The molecule has 0 unspecified atom stereocenters. The largest absolute Gasteiger partial charge is 0.311 e. The number of benzene rings is 14. The molecule has 5 heterocycles. The number of nitrogens with zero attached hydrogens (tertiary/aromatic N) is 5. The topological polar surface area (TPSA) is 17.9 Å². The van der Waals surface area contributed by atoms with E-state index in [1.807, 2.05) is 11.8 Å². The van der Waals surface area contributed by atoms with Crippen LogP contribution >= 0.6 is 11.8 Å². The number of aromatic nitrogens is 1. The molecule has 0 amide bonds. The van der Waals surface area contributed by atoms with Crippen LogP contribution in [-0.2, 0) is 10.8 Å². The Bertz CT molecular complexity index is 5580. The molecular formula is C92H71B2N5S. The minimum Gasteiger partial charge on any atom is -0.311 e. The van der Waals surface area contributed by atoms with E-state index in [2.05, 4.69) is 387 Å². The molecular weight excluding hydrogens is 1230 g/mol. The highest BCUT2D eigenvalue weighted by Crippen LogP contribution is 2.54. The third kappa shape index (κ3) is 9.48. The fourth-order valence-electron chi connectivity index (χ4n) is 16.6. The fraction of sp³-hybridized carbons (Fsp3) is 0.0870. The molecule has 0 N–H and O–H groups in total. The Morgan fingerprint density at radius 3 is 1.30 bits per heavy atom. The van der Waals surface area contributed by atoms with Crippen molar-refractivity contribution in [1.82, 2.24) is 4.57 Å². The first-order valence-electron chi connectivity index (χ1n) is 35.0. The normalized spacial score (nSPS) is 13.4. The maximum Gasteiger partial charge on any atom is 0.252 e. The highest BCUT2D eigenvalue weighted by Gasteiger charge is 2.49. The number of rotatable bonds is 9. The van der Waals surface area contributed by atoms with Crippen LogP contribution in [0.2, 0.25) is 0 Å². The maximum atomic E-state index is 2.70. The quantitative estimate of drug-likeness (QED) is 0.134. The molecule has 0 aliphatic carbocycles. The van der Waals surface area contributed by atoms with Gasteiger partial charge in [0.15, 0.2) is 0 Å². The van der Waals surface area contributed by atoms with Crippen molar-refractivity contribution in [2.75, 3.05) is 19.6 Å². The Morgan fingerprint density at radius 2 is 0.750 bits per heavy atom. The summed E-state index contributed by atoms with van der Waals surface area (Å²) in [6.45, 7) is 13.7. The lowest BCUT2D eigenvalue weighted by Crippen LogP contribution is -2.64. The van der Waals surface area contributed by atoms with Gasteiger partial charge in [-0.3, -0.25) is 0 Å². The Balaban J connectivity index is 0.967. The smallest absolute Gasteiger partial charge is 0.252 e. The number of fused-ring (bicyclic) bond motifs is 11. The number of anilines is 12. The first-order chi connectivity index (χ1) is 48.9. The molecule has 19 rings (SSSR count). The molecule has 0 saturated carbocycles. The van der Waals surface area contributed by atoms with Crippen molar-refractivity contribution in [3.8, 4) is 27.9 Å². The second kappa shape index (κ2) is 23.1. The minimum absolute atomic E-state index is 0.0706. The van der Waals surface area contributed by atoms with E-state index in [0.717, 1.165) is 90.5 Å². The molecule has 5 nitrogen and oxygen atoms in total. The van der Waals surface area contributed by atoms with E-state index in [4.69, 9.17) is 0 Å². The summed E-state index contributed by atoms with van der Waals surface area (Å²) in [5.74, 6) is 0. The van der Waals surface area contributed by atoms with Gasteiger partial charge in [-0.25, -0.2) is 0 Å². The Morgan fingerprint density at radius 1 is 0.300 bits per heavy atom. The van der Waals surface area contributed by atoms with Crippen LogP contribution in [0, 0.1) is 0 Å². The molecule has 4 aliphatic rings. The van der Waals surface area contributed by atoms with Crippen LogP contribution in [0.25, 0.3) is 49.7 Å². The maximum absolute atomic E-state index is 2.70. The zero-order valence-electron chi connectivity index (χ0n) is 56.9. The molecule has 0 saturated heterocycles. The average molecular weight is 1300 g/mol. The lowest BCUT2D eigenvalue weighted by molar-refractivity contribution is 0.591. The minimum atomic E-state index is -0.203. The summed E-state index contributed by atoms with van der Waals surface area (Å²) >= 11 is 1.92. The van der Waals surface area contributed by atoms with Crippen LogP contribution in [0.3, 0.4) is 0 Å². The summed E-state index contributed by atoms with van der Waals surface area (Å²) < 4.78 is 2.60. The Hall–Kier alpha value is -11.4. The van der Waals surface area contributed by atoms with Gasteiger partial charge in [-0.1, -0.05) is 277 Å². The van der Waals surface area contributed by atoms with Crippen molar-refractivity contribution in [1.29, 1.82) is 0 Å². The number of hydrogen-bond acceptors (Lipinski definition) is 5. The standard InChI is InChI=1S/C92H71B2N5S/c1-91(2,3)62-48-50-72-73-51-49-63(92(4,5)6)53-80(73)98(79(72)52-62)69-56-85-89-87(57-69)100-86-47-28-26-45-75(86)94(89)76-58-77-82(59-81(76)97(85)67-40-23-12-24-41-67)99(90-70(60-30-13-7-14-31-60)42-29-43-71(90)61-32-15-8-16-33-61)84-55-68(95(64-34-17-9-18-35-64)65-36-19-10-20-37-65)54-83-88(84)93(77)74-44-25-27-46-78(74)96(83)66-38-21-11-22-39-66/h7-59H,1-6H3. The first kappa shape index (κ1) is 59.8. The molecule has 0 radical (unpaired) electrons. The van der Waals surface area contributed by atoms with Gasteiger partial charge in [-0.2, -0.15) is 0 Å². The molecule has 4 aliphatic heterocycles. The second-order valence-corrected chi connectivity index (χ2v) is 30.3. The zero-order valence-corrected chi connectivity index (χ0v) is 57.7. The van der Waals surface area contributed by atoms with Crippen molar-refractivity contribution in [3.05, 3.63) is 333 Å². The summed E-state index contributed by atoms with van der Waals surface area (Å²) in [5, 5.41) is 2.51. The van der Waals surface area contributed by atoms with E-state index in [9.17, 15) is 0 Å². The molecule has 0 spiro atoms. The predicted molar refractivity (Wildman–Crippen MR) is 428 cm³/mol. The van der Waals surface area contributed by atoms with Crippen molar-refractivity contribution in [3.63, 3.8) is 0 Å². The molecule has 15 aromatic rings. The summed E-state index contributed by atoms with van der Waals surface area (Å²) in [6.07, 6.45) is 0. The predicted octanol–water partition coefficient (Wildman–Crippen LogP) is 21.0. The van der Waals surface area contributed by atoms with Gasteiger partial charge in [0, 0.05) is 94.3 Å². The summed E-state index contributed by atoms with van der Waals surface area (Å²) in [7, 11) is 0. The lowest BCUT2D eigenvalue weighted by atomic mass is 9.30. The van der Waals surface area contributed by atoms with Crippen molar-refractivity contribution in [2.45, 2.75) is 62.2 Å². The van der Waals surface area contributed by atoms with E-state index in [1.54, 1.807) is 0 Å². The fourth-order valence-corrected chi connectivity index (χ4v) is 17.8. The molecule has 8 heteroatoms. The van der Waals surface area contributed by atoms with Crippen LogP contribution in [0.5, 0.6) is 0 Å². The van der Waals surface area contributed by atoms with Gasteiger partial charge in [0.25, 0.3) is 6.71 Å².